The molecule has 2 aromatic carbocycles. The van der Waals surface area contributed by atoms with Crippen molar-refractivity contribution >= 4 is 5.69 Å². The lowest BCUT2D eigenvalue weighted by Gasteiger charge is -2.12. The highest BCUT2D eigenvalue weighted by molar-refractivity contribution is 5.54. The summed E-state index contributed by atoms with van der Waals surface area (Å²) in [6, 6.07) is 14.5. The highest BCUT2D eigenvalue weighted by Gasteiger charge is 2.03. The van der Waals surface area contributed by atoms with Gasteiger partial charge in [-0.05, 0) is 63.7 Å². The van der Waals surface area contributed by atoms with E-state index in [9.17, 15) is 0 Å². The van der Waals surface area contributed by atoms with E-state index in [1.54, 1.807) is 0 Å². The summed E-state index contributed by atoms with van der Waals surface area (Å²) in [5.74, 6) is 0.761. The van der Waals surface area contributed by atoms with Crippen molar-refractivity contribution in [2.45, 2.75) is 26.4 Å². The fourth-order valence-corrected chi connectivity index (χ4v) is 2.33. The van der Waals surface area contributed by atoms with Gasteiger partial charge < -0.3 is 15.4 Å². The van der Waals surface area contributed by atoms with Crippen LogP contribution in [0.15, 0.2) is 42.5 Å². The van der Waals surface area contributed by atoms with E-state index in [4.69, 9.17) is 10.5 Å². The second-order valence-corrected chi connectivity index (χ2v) is 6.05. The molecule has 2 rings (SSSR count). The van der Waals surface area contributed by atoms with Gasteiger partial charge in [0.2, 0.25) is 0 Å². The van der Waals surface area contributed by atoms with E-state index in [-0.39, 0.29) is 0 Å². The summed E-state index contributed by atoms with van der Waals surface area (Å²) in [4.78, 5) is 2.20. The molecule has 0 saturated heterocycles. The summed E-state index contributed by atoms with van der Waals surface area (Å²) in [6.45, 7) is 3.72. The quantitative estimate of drug-likeness (QED) is 0.793. The molecule has 0 fully saturated rings. The molecule has 0 radical (unpaired) electrons. The van der Waals surface area contributed by atoms with E-state index in [1.807, 2.05) is 12.1 Å². The molecule has 0 bridgehead atoms. The van der Waals surface area contributed by atoms with Crippen molar-refractivity contribution in [3.8, 4) is 5.75 Å². The van der Waals surface area contributed by atoms with Gasteiger partial charge in [-0.1, -0.05) is 35.9 Å². The molecule has 118 valence electrons. The van der Waals surface area contributed by atoms with Gasteiger partial charge in [0.05, 0.1) is 5.69 Å². The van der Waals surface area contributed by atoms with Crippen LogP contribution in [0.3, 0.4) is 0 Å². The second kappa shape index (κ2) is 7.85. The maximum absolute atomic E-state index is 6.11. The lowest BCUT2D eigenvalue weighted by Crippen LogP contribution is -2.13. The first-order chi connectivity index (χ1) is 10.5. The van der Waals surface area contributed by atoms with E-state index in [0.29, 0.717) is 6.61 Å². The van der Waals surface area contributed by atoms with Gasteiger partial charge in [0.15, 0.2) is 0 Å². The first kappa shape index (κ1) is 16.4. The molecular formula is C19H26N2O. The Labute approximate surface area is 133 Å². The van der Waals surface area contributed by atoms with Crippen LogP contribution in [0.1, 0.15) is 23.1 Å². The Hall–Kier alpha value is -2.00. The second-order valence-electron chi connectivity index (χ2n) is 6.05. The minimum absolute atomic E-state index is 0.546. The van der Waals surface area contributed by atoms with Crippen LogP contribution >= 0.6 is 0 Å². The highest BCUT2D eigenvalue weighted by atomic mass is 16.5. The van der Waals surface area contributed by atoms with Crippen molar-refractivity contribution < 1.29 is 4.74 Å². The van der Waals surface area contributed by atoms with Crippen LogP contribution in [0, 0.1) is 6.92 Å². The molecule has 0 aliphatic heterocycles. The highest BCUT2D eigenvalue weighted by Crippen LogP contribution is 2.24. The number of anilines is 1. The Morgan fingerprint density at radius 3 is 2.32 bits per heavy atom. The molecule has 0 amide bonds. The molecule has 0 saturated carbocycles. The average molecular weight is 298 g/mol. The van der Waals surface area contributed by atoms with Crippen LogP contribution in [-0.4, -0.2) is 25.5 Å². The number of ether oxygens (including phenoxy) is 1. The molecule has 0 aromatic heterocycles. The smallest absolute Gasteiger partial charge is 0.142 e. The third-order valence-corrected chi connectivity index (χ3v) is 3.66. The maximum atomic E-state index is 6.11. The topological polar surface area (TPSA) is 38.5 Å². The zero-order chi connectivity index (χ0) is 15.9. The Bertz CT molecular complexity index is 591. The van der Waals surface area contributed by atoms with Gasteiger partial charge in [0.25, 0.3) is 0 Å². The Kier molecular flexibility index (Phi) is 5.84. The van der Waals surface area contributed by atoms with Crippen molar-refractivity contribution in [1.29, 1.82) is 0 Å². The SMILES string of the molecule is Cc1ccc(COc2ccc(CCCN(C)C)cc2N)cc1. The summed E-state index contributed by atoms with van der Waals surface area (Å²) in [6.07, 6.45) is 2.18. The van der Waals surface area contributed by atoms with E-state index in [0.717, 1.165) is 36.4 Å². The van der Waals surface area contributed by atoms with E-state index < -0.39 is 0 Å². The van der Waals surface area contributed by atoms with Gasteiger partial charge in [0, 0.05) is 0 Å². The maximum Gasteiger partial charge on any atom is 0.142 e. The molecular weight excluding hydrogens is 272 g/mol. The molecule has 0 aliphatic carbocycles. The summed E-state index contributed by atoms with van der Waals surface area (Å²) >= 11 is 0. The van der Waals surface area contributed by atoms with Gasteiger partial charge in [-0.3, -0.25) is 0 Å². The van der Waals surface area contributed by atoms with Gasteiger partial charge in [-0.2, -0.15) is 0 Å². The minimum Gasteiger partial charge on any atom is -0.487 e. The molecule has 0 spiro atoms. The Morgan fingerprint density at radius 1 is 1.00 bits per heavy atom. The van der Waals surface area contributed by atoms with Crippen LogP contribution in [0.25, 0.3) is 0 Å². The van der Waals surface area contributed by atoms with Gasteiger partial charge in [0.1, 0.15) is 12.4 Å². The number of hydrogen-bond donors (Lipinski definition) is 1. The monoisotopic (exact) mass is 298 g/mol. The van der Waals surface area contributed by atoms with Crippen LogP contribution in [0.2, 0.25) is 0 Å². The number of hydrogen-bond acceptors (Lipinski definition) is 3. The standard InChI is InChI=1S/C19H26N2O/c1-15-6-8-17(9-7-15)14-22-19-11-10-16(13-18(19)20)5-4-12-21(2)3/h6-11,13H,4-5,12,14,20H2,1-3H3. The van der Waals surface area contributed by atoms with Gasteiger partial charge >= 0.3 is 0 Å². The molecule has 2 N–H and O–H groups in total. The summed E-state index contributed by atoms with van der Waals surface area (Å²) < 4.78 is 5.83. The molecule has 2 aromatic rings. The predicted octanol–water partition coefficient (Wildman–Crippen LogP) is 3.65. The zero-order valence-corrected chi connectivity index (χ0v) is 13.8. The molecule has 0 atom stereocenters. The number of nitrogen functional groups attached to an aromatic ring is 1. The first-order valence-corrected chi connectivity index (χ1v) is 7.76. The molecule has 3 nitrogen and oxygen atoms in total. The van der Waals surface area contributed by atoms with Crippen molar-refractivity contribution in [2.24, 2.45) is 0 Å². The third kappa shape index (κ3) is 5.08. The number of rotatable bonds is 7. The van der Waals surface area contributed by atoms with Crippen molar-refractivity contribution in [1.82, 2.24) is 4.90 Å². The molecule has 0 unspecified atom stereocenters. The van der Waals surface area contributed by atoms with Crippen molar-refractivity contribution in [2.75, 3.05) is 26.4 Å². The average Bonchev–Trinajstić information content (AvgIpc) is 2.48. The summed E-state index contributed by atoms with van der Waals surface area (Å²) in [5, 5.41) is 0. The number of benzene rings is 2. The third-order valence-electron chi connectivity index (χ3n) is 3.66. The molecule has 3 heteroatoms. The predicted molar refractivity (Wildman–Crippen MR) is 93.2 cm³/mol. The minimum atomic E-state index is 0.546. The largest absolute Gasteiger partial charge is 0.487 e. The van der Waals surface area contributed by atoms with E-state index in [1.165, 1.54) is 11.1 Å². The van der Waals surface area contributed by atoms with Crippen molar-refractivity contribution in [3.63, 3.8) is 0 Å². The zero-order valence-electron chi connectivity index (χ0n) is 13.8. The fourth-order valence-electron chi connectivity index (χ4n) is 2.33. The molecule has 22 heavy (non-hydrogen) atoms. The van der Waals surface area contributed by atoms with Crippen LogP contribution in [0.5, 0.6) is 5.75 Å². The molecule has 0 heterocycles. The van der Waals surface area contributed by atoms with Crippen molar-refractivity contribution in [3.05, 3.63) is 59.2 Å². The number of nitrogens with two attached hydrogens (primary N) is 1. The normalized spacial score (nSPS) is 10.9. The lowest BCUT2D eigenvalue weighted by molar-refractivity contribution is 0.308. The Balaban J connectivity index is 1.90. The van der Waals surface area contributed by atoms with E-state index >= 15 is 0 Å². The van der Waals surface area contributed by atoms with Crippen LogP contribution < -0.4 is 10.5 Å². The van der Waals surface area contributed by atoms with Crippen LogP contribution in [-0.2, 0) is 13.0 Å². The summed E-state index contributed by atoms with van der Waals surface area (Å²) in [5.41, 5.74) is 10.5. The Morgan fingerprint density at radius 2 is 1.68 bits per heavy atom. The van der Waals surface area contributed by atoms with Crippen LogP contribution in [0.4, 0.5) is 5.69 Å². The first-order valence-electron chi connectivity index (χ1n) is 7.76. The van der Waals surface area contributed by atoms with E-state index in [2.05, 4.69) is 56.3 Å². The summed E-state index contributed by atoms with van der Waals surface area (Å²) in [7, 11) is 4.19. The van der Waals surface area contributed by atoms with Gasteiger partial charge in [-0.15, -0.1) is 0 Å². The molecule has 0 aliphatic rings. The lowest BCUT2D eigenvalue weighted by atomic mass is 10.1. The number of nitrogens with zero attached hydrogens (tertiary/aromatic N) is 1. The number of aryl methyl sites for hydroxylation is 2. The van der Waals surface area contributed by atoms with Gasteiger partial charge in [-0.25, -0.2) is 0 Å². The fraction of sp³-hybridized carbons (Fsp3) is 0.368.